The van der Waals surface area contributed by atoms with E-state index in [4.69, 9.17) is 0 Å². The van der Waals surface area contributed by atoms with E-state index in [0.29, 0.717) is 10.6 Å². The van der Waals surface area contributed by atoms with Crippen LogP contribution in [0.25, 0.3) is 10.6 Å². The maximum absolute atomic E-state index is 13.6. The lowest BCUT2D eigenvalue weighted by atomic mass is 10.2. The summed E-state index contributed by atoms with van der Waals surface area (Å²) in [4.78, 5) is 4.64. The summed E-state index contributed by atoms with van der Waals surface area (Å²) in [6.45, 7) is 3.23. The Morgan fingerprint density at radius 1 is 1.22 bits per heavy atom. The highest BCUT2D eigenvalue weighted by molar-refractivity contribution is 7.15. The molecular formula is C12H10F3NOS. The van der Waals surface area contributed by atoms with Crippen molar-refractivity contribution in [2.45, 2.75) is 20.0 Å². The van der Waals surface area contributed by atoms with Crippen LogP contribution in [0, 0.1) is 24.4 Å². The second-order valence-corrected chi connectivity index (χ2v) is 4.90. The predicted molar refractivity (Wildman–Crippen MR) is 62.8 cm³/mol. The van der Waals surface area contributed by atoms with Crippen LogP contribution in [0.4, 0.5) is 13.2 Å². The van der Waals surface area contributed by atoms with E-state index in [0.717, 1.165) is 23.5 Å². The summed E-state index contributed by atoms with van der Waals surface area (Å²) in [5, 5.41) is 9.70. The monoisotopic (exact) mass is 273 g/mol. The Morgan fingerprint density at radius 2 is 1.89 bits per heavy atom. The average Bonchev–Trinajstić information content (AvgIpc) is 2.68. The topological polar surface area (TPSA) is 33.1 Å². The Hall–Kier alpha value is -1.40. The second kappa shape index (κ2) is 4.70. The zero-order valence-corrected chi connectivity index (χ0v) is 10.5. The normalized spacial score (nSPS) is 12.8. The van der Waals surface area contributed by atoms with Gasteiger partial charge >= 0.3 is 0 Å². The average molecular weight is 273 g/mol. The van der Waals surface area contributed by atoms with Crippen molar-refractivity contribution in [3.63, 3.8) is 0 Å². The fourth-order valence-corrected chi connectivity index (χ4v) is 2.62. The molecule has 1 aromatic heterocycles. The summed E-state index contributed by atoms with van der Waals surface area (Å²) in [5.74, 6) is -4.01. The molecule has 6 heteroatoms. The van der Waals surface area contributed by atoms with Crippen molar-refractivity contribution in [3.8, 4) is 10.6 Å². The van der Waals surface area contributed by atoms with Gasteiger partial charge in [0.15, 0.2) is 17.5 Å². The standard InChI is InChI=1S/C12H10F3NOS/c1-5-11(6(2)17)18-12(16-5)7-3-4-8(13)10(15)9(7)14/h3-4,6,17H,1-2H3. The molecule has 1 unspecified atom stereocenters. The van der Waals surface area contributed by atoms with E-state index in [1.54, 1.807) is 13.8 Å². The Labute approximate surface area is 106 Å². The van der Waals surface area contributed by atoms with Crippen LogP contribution in [0.1, 0.15) is 23.6 Å². The number of benzene rings is 1. The van der Waals surface area contributed by atoms with Crippen molar-refractivity contribution < 1.29 is 18.3 Å². The van der Waals surface area contributed by atoms with Crippen molar-refractivity contribution in [2.75, 3.05) is 0 Å². The minimum absolute atomic E-state index is 0.103. The van der Waals surface area contributed by atoms with Crippen LogP contribution < -0.4 is 0 Å². The van der Waals surface area contributed by atoms with Gasteiger partial charge in [-0.2, -0.15) is 0 Å². The zero-order valence-electron chi connectivity index (χ0n) is 9.67. The van der Waals surface area contributed by atoms with Gasteiger partial charge in [-0.1, -0.05) is 0 Å². The van der Waals surface area contributed by atoms with E-state index >= 15 is 0 Å². The molecule has 2 rings (SSSR count). The molecule has 0 aliphatic carbocycles. The van der Waals surface area contributed by atoms with Gasteiger partial charge in [-0.05, 0) is 26.0 Å². The lowest BCUT2D eigenvalue weighted by Crippen LogP contribution is -1.93. The third kappa shape index (κ3) is 2.13. The number of nitrogens with zero attached hydrogens (tertiary/aromatic N) is 1. The first kappa shape index (κ1) is 13.0. The fourth-order valence-electron chi connectivity index (χ4n) is 1.60. The predicted octanol–water partition coefficient (Wildman–Crippen LogP) is 3.59. The zero-order chi connectivity index (χ0) is 13.4. The van der Waals surface area contributed by atoms with Crippen molar-refractivity contribution in [1.82, 2.24) is 4.98 Å². The third-order valence-corrected chi connectivity index (χ3v) is 3.84. The second-order valence-electron chi connectivity index (χ2n) is 3.87. The number of halogens is 3. The summed E-state index contributed by atoms with van der Waals surface area (Å²) in [6, 6.07) is 1.99. The van der Waals surface area contributed by atoms with Gasteiger partial charge in [0.05, 0.1) is 16.7 Å². The molecule has 0 spiro atoms. The molecule has 1 aromatic carbocycles. The van der Waals surface area contributed by atoms with E-state index in [1.165, 1.54) is 0 Å². The molecule has 1 heterocycles. The Bertz CT molecular complexity index is 595. The number of hydrogen-bond acceptors (Lipinski definition) is 3. The van der Waals surface area contributed by atoms with E-state index in [9.17, 15) is 18.3 Å². The highest BCUT2D eigenvalue weighted by Gasteiger charge is 2.19. The number of hydrogen-bond donors (Lipinski definition) is 1. The smallest absolute Gasteiger partial charge is 0.195 e. The van der Waals surface area contributed by atoms with Gasteiger partial charge in [-0.25, -0.2) is 18.2 Å². The molecular weight excluding hydrogens is 263 g/mol. The van der Waals surface area contributed by atoms with Crippen molar-refractivity contribution in [1.29, 1.82) is 0 Å². The largest absolute Gasteiger partial charge is 0.388 e. The van der Waals surface area contributed by atoms with Gasteiger partial charge < -0.3 is 5.11 Å². The lowest BCUT2D eigenvalue weighted by molar-refractivity contribution is 0.202. The van der Waals surface area contributed by atoms with Crippen molar-refractivity contribution >= 4 is 11.3 Å². The van der Waals surface area contributed by atoms with E-state index < -0.39 is 23.6 Å². The van der Waals surface area contributed by atoms with Crippen LogP contribution in [-0.4, -0.2) is 10.1 Å². The Balaban J connectivity index is 2.56. The SMILES string of the molecule is Cc1nc(-c2ccc(F)c(F)c2F)sc1C(C)O. The molecule has 2 nitrogen and oxygen atoms in total. The summed E-state index contributed by atoms with van der Waals surface area (Å²) in [7, 11) is 0. The highest BCUT2D eigenvalue weighted by atomic mass is 32.1. The van der Waals surface area contributed by atoms with Crippen LogP contribution in [-0.2, 0) is 0 Å². The molecule has 0 bridgehead atoms. The van der Waals surface area contributed by atoms with E-state index in [-0.39, 0.29) is 10.6 Å². The molecule has 96 valence electrons. The summed E-state index contributed by atoms with van der Waals surface area (Å²) >= 11 is 1.06. The Morgan fingerprint density at radius 3 is 2.44 bits per heavy atom. The summed E-state index contributed by atoms with van der Waals surface area (Å²) in [6.07, 6.45) is -0.732. The van der Waals surface area contributed by atoms with Crippen LogP contribution in [0.5, 0.6) is 0 Å². The molecule has 18 heavy (non-hydrogen) atoms. The molecule has 0 saturated carbocycles. The summed E-state index contributed by atoms with van der Waals surface area (Å²) in [5.41, 5.74) is 0.447. The maximum Gasteiger partial charge on any atom is 0.195 e. The van der Waals surface area contributed by atoms with Crippen LogP contribution in [0.2, 0.25) is 0 Å². The molecule has 1 atom stereocenters. The number of thiazole rings is 1. The molecule has 0 aliphatic rings. The van der Waals surface area contributed by atoms with E-state index in [2.05, 4.69) is 4.98 Å². The number of aliphatic hydroxyl groups excluding tert-OH is 1. The maximum atomic E-state index is 13.6. The van der Waals surface area contributed by atoms with Gasteiger partial charge in [-0.3, -0.25) is 0 Å². The fraction of sp³-hybridized carbons (Fsp3) is 0.250. The first-order valence-corrected chi connectivity index (χ1v) is 6.02. The highest BCUT2D eigenvalue weighted by Crippen LogP contribution is 2.33. The Kier molecular flexibility index (Phi) is 3.41. The molecule has 0 amide bonds. The van der Waals surface area contributed by atoms with Gasteiger partial charge in [-0.15, -0.1) is 11.3 Å². The minimum Gasteiger partial charge on any atom is -0.388 e. The number of rotatable bonds is 2. The quantitative estimate of drug-likeness (QED) is 0.848. The van der Waals surface area contributed by atoms with Crippen LogP contribution in [0.15, 0.2) is 12.1 Å². The molecule has 0 aliphatic heterocycles. The van der Waals surface area contributed by atoms with Gasteiger partial charge in [0.1, 0.15) is 5.01 Å². The van der Waals surface area contributed by atoms with Gasteiger partial charge in [0.2, 0.25) is 0 Å². The summed E-state index contributed by atoms with van der Waals surface area (Å²) < 4.78 is 39.5. The van der Waals surface area contributed by atoms with Gasteiger partial charge in [0, 0.05) is 5.56 Å². The molecule has 1 N–H and O–H groups in total. The first-order chi connectivity index (χ1) is 8.41. The number of aryl methyl sites for hydroxylation is 1. The lowest BCUT2D eigenvalue weighted by Gasteiger charge is -2.01. The molecule has 0 radical (unpaired) electrons. The molecule has 0 saturated heterocycles. The van der Waals surface area contributed by atoms with Crippen LogP contribution in [0.3, 0.4) is 0 Å². The van der Waals surface area contributed by atoms with Crippen molar-refractivity contribution in [2.24, 2.45) is 0 Å². The number of aromatic nitrogens is 1. The number of aliphatic hydroxyl groups is 1. The molecule has 0 fully saturated rings. The first-order valence-electron chi connectivity index (χ1n) is 5.21. The van der Waals surface area contributed by atoms with Crippen molar-refractivity contribution in [3.05, 3.63) is 40.2 Å². The van der Waals surface area contributed by atoms with E-state index in [1.807, 2.05) is 0 Å². The third-order valence-electron chi connectivity index (χ3n) is 2.48. The molecule has 2 aromatic rings. The van der Waals surface area contributed by atoms with Crippen LogP contribution >= 0.6 is 11.3 Å². The van der Waals surface area contributed by atoms with Gasteiger partial charge in [0.25, 0.3) is 0 Å². The minimum atomic E-state index is -1.51.